The first-order valence-corrected chi connectivity index (χ1v) is 11.3. The molecule has 0 bridgehead atoms. The van der Waals surface area contributed by atoms with Gasteiger partial charge >= 0.3 is 0 Å². The van der Waals surface area contributed by atoms with Crippen molar-refractivity contribution < 1.29 is 13.2 Å². The molecule has 1 amide bonds. The lowest BCUT2D eigenvalue weighted by Crippen LogP contribution is -2.37. The number of hydrogen-bond donors (Lipinski definition) is 1. The van der Waals surface area contributed by atoms with E-state index in [4.69, 9.17) is 0 Å². The van der Waals surface area contributed by atoms with Gasteiger partial charge in [-0.2, -0.15) is 0 Å². The van der Waals surface area contributed by atoms with E-state index in [0.717, 1.165) is 33.2 Å². The monoisotopic (exact) mass is 392 g/mol. The van der Waals surface area contributed by atoms with E-state index in [9.17, 15) is 13.2 Å². The molecule has 0 unspecified atom stereocenters. The van der Waals surface area contributed by atoms with Crippen LogP contribution in [-0.2, 0) is 21.2 Å². The predicted molar refractivity (Wildman–Crippen MR) is 109 cm³/mol. The van der Waals surface area contributed by atoms with E-state index < -0.39 is 10.0 Å². The molecule has 0 spiro atoms. The van der Waals surface area contributed by atoms with Crippen LogP contribution < -0.4 is 9.62 Å². The van der Waals surface area contributed by atoms with Gasteiger partial charge in [0, 0.05) is 4.90 Å². The number of hydrogen-bond acceptors (Lipinski definition) is 4. The van der Waals surface area contributed by atoms with Gasteiger partial charge < -0.3 is 5.32 Å². The number of benzene rings is 2. The van der Waals surface area contributed by atoms with E-state index in [-0.39, 0.29) is 12.5 Å². The quantitative estimate of drug-likeness (QED) is 0.695. The first kappa shape index (κ1) is 20.3. The Morgan fingerprint density at radius 3 is 2.31 bits per heavy atom. The molecule has 0 saturated carbocycles. The summed E-state index contributed by atoms with van der Waals surface area (Å²) in [6.45, 7) is 3.80. The summed E-state index contributed by atoms with van der Waals surface area (Å²) in [5.74, 6) is 0.505. The highest BCUT2D eigenvalue weighted by atomic mass is 32.2. The molecule has 2 aromatic carbocycles. The van der Waals surface area contributed by atoms with E-state index in [1.165, 1.54) is 0 Å². The molecule has 0 heterocycles. The molecular weight excluding hydrogens is 368 g/mol. The molecule has 0 atom stereocenters. The number of anilines is 2. The van der Waals surface area contributed by atoms with Crippen LogP contribution >= 0.6 is 11.8 Å². The number of rotatable bonds is 8. The minimum absolute atomic E-state index is 0.268. The maximum atomic E-state index is 12.5. The number of amides is 1. The topological polar surface area (TPSA) is 66.5 Å². The standard InChI is InChI=1S/C19H24N2O3S2/c1-4-15-10-12-16(13-11-15)21(26(3,23)24)14-19(22)20-17-8-6-7-9-18(17)25-5-2/h6-13H,4-5,14H2,1-3H3,(H,20,22). The summed E-state index contributed by atoms with van der Waals surface area (Å²) in [5, 5.41) is 2.82. The minimum atomic E-state index is -3.58. The molecule has 0 aliphatic heterocycles. The highest BCUT2D eigenvalue weighted by Crippen LogP contribution is 2.27. The van der Waals surface area contributed by atoms with Gasteiger partial charge in [-0.15, -0.1) is 11.8 Å². The van der Waals surface area contributed by atoms with Crippen molar-refractivity contribution in [1.29, 1.82) is 0 Å². The van der Waals surface area contributed by atoms with Crippen molar-refractivity contribution >= 4 is 39.1 Å². The summed E-state index contributed by atoms with van der Waals surface area (Å²) >= 11 is 1.62. The van der Waals surface area contributed by atoms with Crippen molar-refractivity contribution in [2.45, 2.75) is 25.2 Å². The second-order valence-electron chi connectivity index (χ2n) is 5.77. The van der Waals surface area contributed by atoms with Gasteiger partial charge in [0.25, 0.3) is 0 Å². The molecular formula is C19H24N2O3S2. The minimum Gasteiger partial charge on any atom is -0.323 e. The Hall–Kier alpha value is -1.99. The SMILES string of the molecule is CCSc1ccccc1NC(=O)CN(c1ccc(CC)cc1)S(C)(=O)=O. The van der Waals surface area contributed by atoms with Gasteiger partial charge in [-0.05, 0) is 42.0 Å². The van der Waals surface area contributed by atoms with Crippen molar-refractivity contribution in [3.8, 4) is 0 Å². The zero-order chi connectivity index (χ0) is 19.2. The number of carbonyl (C=O) groups excluding carboxylic acids is 1. The summed E-state index contributed by atoms with van der Waals surface area (Å²) in [5.41, 5.74) is 2.28. The third-order valence-electron chi connectivity index (χ3n) is 3.78. The van der Waals surface area contributed by atoms with E-state index in [1.54, 1.807) is 23.9 Å². The summed E-state index contributed by atoms with van der Waals surface area (Å²) < 4.78 is 25.5. The van der Waals surface area contributed by atoms with Gasteiger partial charge in [0.1, 0.15) is 6.54 Å². The fourth-order valence-corrected chi connectivity index (χ4v) is 4.09. The molecule has 140 valence electrons. The second-order valence-corrected chi connectivity index (χ2v) is 8.98. The van der Waals surface area contributed by atoms with Crippen LogP contribution in [0.1, 0.15) is 19.4 Å². The fraction of sp³-hybridized carbons (Fsp3) is 0.316. The predicted octanol–water partition coefficient (Wildman–Crippen LogP) is 3.77. The number of nitrogens with zero attached hydrogens (tertiary/aromatic N) is 1. The Kier molecular flexibility index (Phi) is 7.11. The average molecular weight is 393 g/mol. The van der Waals surface area contributed by atoms with Gasteiger partial charge in [0.2, 0.25) is 15.9 Å². The Bertz CT molecular complexity index is 849. The maximum Gasteiger partial charge on any atom is 0.245 e. The largest absolute Gasteiger partial charge is 0.323 e. The Morgan fingerprint density at radius 2 is 1.73 bits per heavy atom. The molecule has 0 aliphatic carbocycles. The zero-order valence-corrected chi connectivity index (χ0v) is 16.9. The molecule has 0 aliphatic rings. The third kappa shape index (κ3) is 5.51. The number of nitrogens with one attached hydrogen (secondary N) is 1. The highest BCUT2D eigenvalue weighted by molar-refractivity contribution is 7.99. The summed E-state index contributed by atoms with van der Waals surface area (Å²) in [6, 6.07) is 14.7. The lowest BCUT2D eigenvalue weighted by Gasteiger charge is -2.22. The molecule has 5 nitrogen and oxygen atoms in total. The van der Waals surface area contributed by atoms with E-state index in [0.29, 0.717) is 11.4 Å². The average Bonchev–Trinajstić information content (AvgIpc) is 2.61. The van der Waals surface area contributed by atoms with Crippen LogP contribution in [0.5, 0.6) is 0 Å². The Morgan fingerprint density at radius 1 is 1.08 bits per heavy atom. The van der Waals surface area contributed by atoms with Crippen LogP contribution in [0, 0.1) is 0 Å². The van der Waals surface area contributed by atoms with Gasteiger partial charge in [0.15, 0.2) is 0 Å². The molecule has 2 rings (SSSR count). The molecule has 0 aromatic heterocycles. The van der Waals surface area contributed by atoms with Crippen LogP contribution in [0.2, 0.25) is 0 Å². The molecule has 7 heteroatoms. The van der Waals surface area contributed by atoms with E-state index in [2.05, 4.69) is 5.32 Å². The van der Waals surface area contributed by atoms with Crippen LogP contribution in [0.3, 0.4) is 0 Å². The normalized spacial score (nSPS) is 11.2. The van der Waals surface area contributed by atoms with Crippen LogP contribution in [0.25, 0.3) is 0 Å². The number of para-hydroxylation sites is 1. The smallest absolute Gasteiger partial charge is 0.245 e. The number of sulfonamides is 1. The van der Waals surface area contributed by atoms with Crippen molar-refractivity contribution in [2.24, 2.45) is 0 Å². The second kappa shape index (κ2) is 9.09. The molecule has 0 fully saturated rings. The molecule has 0 saturated heterocycles. The lowest BCUT2D eigenvalue weighted by atomic mass is 10.1. The molecule has 0 radical (unpaired) electrons. The molecule has 26 heavy (non-hydrogen) atoms. The maximum absolute atomic E-state index is 12.5. The fourth-order valence-electron chi connectivity index (χ4n) is 2.47. The zero-order valence-electron chi connectivity index (χ0n) is 15.2. The van der Waals surface area contributed by atoms with Crippen LogP contribution in [0.4, 0.5) is 11.4 Å². The number of aryl methyl sites for hydroxylation is 1. The first-order valence-electron chi connectivity index (χ1n) is 8.43. The lowest BCUT2D eigenvalue weighted by molar-refractivity contribution is -0.114. The highest BCUT2D eigenvalue weighted by Gasteiger charge is 2.21. The van der Waals surface area contributed by atoms with Crippen molar-refractivity contribution in [1.82, 2.24) is 0 Å². The molecule has 1 N–H and O–H groups in total. The van der Waals surface area contributed by atoms with Crippen LogP contribution in [0.15, 0.2) is 53.4 Å². The Balaban J connectivity index is 2.19. The number of thioether (sulfide) groups is 1. The van der Waals surface area contributed by atoms with E-state index >= 15 is 0 Å². The van der Waals surface area contributed by atoms with Gasteiger partial charge in [-0.25, -0.2) is 8.42 Å². The molecule has 2 aromatic rings. The summed E-state index contributed by atoms with van der Waals surface area (Å²) in [7, 11) is -3.58. The van der Waals surface area contributed by atoms with Gasteiger partial charge in [-0.3, -0.25) is 9.10 Å². The summed E-state index contributed by atoms with van der Waals surface area (Å²) in [6.07, 6.45) is 1.97. The summed E-state index contributed by atoms with van der Waals surface area (Å²) in [4.78, 5) is 13.5. The van der Waals surface area contributed by atoms with Gasteiger partial charge in [-0.1, -0.05) is 38.1 Å². The number of carbonyl (C=O) groups is 1. The first-order chi connectivity index (χ1) is 12.3. The van der Waals surface area contributed by atoms with Gasteiger partial charge in [0.05, 0.1) is 17.6 Å². The van der Waals surface area contributed by atoms with Crippen molar-refractivity contribution in [3.63, 3.8) is 0 Å². The van der Waals surface area contributed by atoms with Crippen molar-refractivity contribution in [2.75, 3.05) is 28.2 Å². The van der Waals surface area contributed by atoms with Crippen molar-refractivity contribution in [3.05, 3.63) is 54.1 Å². The van der Waals surface area contributed by atoms with Crippen LogP contribution in [-0.4, -0.2) is 32.9 Å². The Labute approximate surface area is 159 Å². The third-order valence-corrected chi connectivity index (χ3v) is 5.88. The van der Waals surface area contributed by atoms with E-state index in [1.807, 2.05) is 50.2 Å².